The van der Waals surface area contributed by atoms with Gasteiger partial charge < -0.3 is 0 Å². The van der Waals surface area contributed by atoms with Gasteiger partial charge in [-0.15, -0.1) is 6.42 Å². The van der Waals surface area contributed by atoms with Gasteiger partial charge in [0.1, 0.15) is 0 Å². The van der Waals surface area contributed by atoms with Crippen LogP contribution >= 0.6 is 0 Å². The summed E-state index contributed by atoms with van der Waals surface area (Å²) in [6.45, 7) is 2.99. The molecule has 0 aromatic heterocycles. The van der Waals surface area contributed by atoms with Crippen LogP contribution in [0.5, 0.6) is 0 Å². The number of benzene rings is 2. The van der Waals surface area contributed by atoms with Gasteiger partial charge in [0, 0.05) is 6.54 Å². The Morgan fingerprint density at radius 2 is 1.94 bits per heavy atom. The number of fused-ring (bicyclic) bond motifs is 1. The first-order valence-corrected chi connectivity index (χ1v) is 6.50. The fourth-order valence-electron chi connectivity index (χ4n) is 2.12. The number of hydrogen-bond acceptors (Lipinski definition) is 1. The fourth-order valence-corrected chi connectivity index (χ4v) is 2.12. The third-order valence-corrected chi connectivity index (χ3v) is 3.14. The highest BCUT2D eigenvalue weighted by Crippen LogP contribution is 2.15. The molecule has 0 amide bonds. The summed E-state index contributed by atoms with van der Waals surface area (Å²) in [6, 6.07) is 15.1. The number of nitrogens with one attached hydrogen (secondary N) is 1. The van der Waals surface area contributed by atoms with Gasteiger partial charge in [-0.2, -0.15) is 0 Å². The predicted octanol–water partition coefficient (Wildman–Crippen LogP) is 3.73. The SMILES string of the molecule is C#CC(CCC)NCc1ccc2ccccc2c1. The van der Waals surface area contributed by atoms with Crippen LogP contribution in [0.25, 0.3) is 10.8 Å². The number of terminal acetylenes is 1. The molecular formula is C17H19N. The van der Waals surface area contributed by atoms with Gasteiger partial charge in [0.25, 0.3) is 0 Å². The molecule has 2 rings (SSSR count). The monoisotopic (exact) mass is 237 g/mol. The van der Waals surface area contributed by atoms with Crippen molar-refractivity contribution in [3.63, 3.8) is 0 Å². The first kappa shape index (κ1) is 12.7. The topological polar surface area (TPSA) is 12.0 Å². The zero-order valence-electron chi connectivity index (χ0n) is 10.8. The fraction of sp³-hybridized carbons (Fsp3) is 0.294. The van der Waals surface area contributed by atoms with Crippen molar-refractivity contribution in [2.75, 3.05) is 0 Å². The zero-order valence-corrected chi connectivity index (χ0v) is 10.8. The van der Waals surface area contributed by atoms with E-state index in [1.54, 1.807) is 0 Å². The minimum absolute atomic E-state index is 0.182. The predicted molar refractivity (Wildman–Crippen MR) is 78.3 cm³/mol. The second-order valence-corrected chi connectivity index (χ2v) is 4.57. The van der Waals surface area contributed by atoms with Gasteiger partial charge in [-0.05, 0) is 28.8 Å². The lowest BCUT2D eigenvalue weighted by Crippen LogP contribution is -2.26. The zero-order chi connectivity index (χ0) is 12.8. The van der Waals surface area contributed by atoms with E-state index in [0.717, 1.165) is 19.4 Å². The lowest BCUT2D eigenvalue weighted by molar-refractivity contribution is 0.563. The molecule has 0 aliphatic carbocycles. The number of rotatable bonds is 5. The Morgan fingerprint density at radius 3 is 2.67 bits per heavy atom. The van der Waals surface area contributed by atoms with E-state index in [1.165, 1.54) is 16.3 Å². The molecule has 0 spiro atoms. The highest BCUT2D eigenvalue weighted by molar-refractivity contribution is 5.82. The van der Waals surface area contributed by atoms with Crippen LogP contribution in [0.4, 0.5) is 0 Å². The Hall–Kier alpha value is -1.78. The van der Waals surface area contributed by atoms with Crippen molar-refractivity contribution >= 4 is 10.8 Å². The molecule has 0 bridgehead atoms. The molecular weight excluding hydrogens is 218 g/mol. The lowest BCUT2D eigenvalue weighted by atomic mass is 10.1. The summed E-state index contributed by atoms with van der Waals surface area (Å²) in [4.78, 5) is 0. The average Bonchev–Trinajstić information content (AvgIpc) is 2.43. The van der Waals surface area contributed by atoms with E-state index in [4.69, 9.17) is 6.42 Å². The van der Waals surface area contributed by atoms with E-state index >= 15 is 0 Å². The molecule has 1 unspecified atom stereocenters. The molecule has 2 aromatic carbocycles. The van der Waals surface area contributed by atoms with Crippen LogP contribution in [0.2, 0.25) is 0 Å². The highest BCUT2D eigenvalue weighted by atomic mass is 14.9. The summed E-state index contributed by atoms with van der Waals surface area (Å²) in [5.41, 5.74) is 1.28. The standard InChI is InChI=1S/C17H19N/c1-3-7-17(4-2)18-13-14-10-11-15-8-5-6-9-16(15)12-14/h2,5-6,8-12,17-18H,3,7,13H2,1H3. The van der Waals surface area contributed by atoms with E-state index in [0.29, 0.717) is 0 Å². The van der Waals surface area contributed by atoms with E-state index in [2.05, 4.69) is 60.6 Å². The molecule has 92 valence electrons. The summed E-state index contributed by atoms with van der Waals surface area (Å²) in [5.74, 6) is 2.80. The van der Waals surface area contributed by atoms with Gasteiger partial charge >= 0.3 is 0 Å². The molecule has 0 radical (unpaired) electrons. The summed E-state index contributed by atoms with van der Waals surface area (Å²) in [6.07, 6.45) is 7.64. The van der Waals surface area contributed by atoms with Crippen molar-refractivity contribution in [1.82, 2.24) is 5.32 Å². The van der Waals surface area contributed by atoms with Crippen LogP contribution in [0.15, 0.2) is 42.5 Å². The van der Waals surface area contributed by atoms with Crippen molar-refractivity contribution in [1.29, 1.82) is 0 Å². The van der Waals surface area contributed by atoms with Gasteiger partial charge in [0.2, 0.25) is 0 Å². The molecule has 0 saturated carbocycles. The molecule has 1 N–H and O–H groups in total. The van der Waals surface area contributed by atoms with Gasteiger partial charge in [-0.3, -0.25) is 5.32 Å². The molecule has 0 heterocycles. The number of hydrogen-bond donors (Lipinski definition) is 1. The Morgan fingerprint density at radius 1 is 1.17 bits per heavy atom. The van der Waals surface area contributed by atoms with Crippen molar-refractivity contribution in [3.8, 4) is 12.3 Å². The van der Waals surface area contributed by atoms with E-state index in [9.17, 15) is 0 Å². The second kappa shape index (κ2) is 6.23. The van der Waals surface area contributed by atoms with Gasteiger partial charge in [0.15, 0.2) is 0 Å². The third kappa shape index (κ3) is 3.12. The Balaban J connectivity index is 2.06. The van der Waals surface area contributed by atoms with E-state index in [-0.39, 0.29) is 6.04 Å². The normalized spacial score (nSPS) is 12.2. The highest BCUT2D eigenvalue weighted by Gasteiger charge is 2.03. The minimum atomic E-state index is 0.182. The molecule has 2 aromatic rings. The summed E-state index contributed by atoms with van der Waals surface area (Å²) < 4.78 is 0. The van der Waals surface area contributed by atoms with Crippen LogP contribution in [0, 0.1) is 12.3 Å². The average molecular weight is 237 g/mol. The van der Waals surface area contributed by atoms with Crippen molar-refractivity contribution < 1.29 is 0 Å². The van der Waals surface area contributed by atoms with Crippen LogP contribution in [-0.4, -0.2) is 6.04 Å². The minimum Gasteiger partial charge on any atom is -0.300 e. The summed E-state index contributed by atoms with van der Waals surface area (Å²) in [5, 5.41) is 5.98. The Bertz CT molecular complexity index is 551. The third-order valence-electron chi connectivity index (χ3n) is 3.14. The maximum absolute atomic E-state index is 5.50. The summed E-state index contributed by atoms with van der Waals surface area (Å²) in [7, 11) is 0. The van der Waals surface area contributed by atoms with Crippen LogP contribution in [0.3, 0.4) is 0 Å². The molecule has 0 fully saturated rings. The maximum atomic E-state index is 5.50. The molecule has 1 nitrogen and oxygen atoms in total. The van der Waals surface area contributed by atoms with Crippen LogP contribution < -0.4 is 5.32 Å². The van der Waals surface area contributed by atoms with Gasteiger partial charge in [0.05, 0.1) is 6.04 Å². The first-order valence-electron chi connectivity index (χ1n) is 6.50. The van der Waals surface area contributed by atoms with Gasteiger partial charge in [-0.25, -0.2) is 0 Å². The van der Waals surface area contributed by atoms with Crippen molar-refractivity contribution in [2.45, 2.75) is 32.4 Å². The van der Waals surface area contributed by atoms with Crippen LogP contribution in [-0.2, 0) is 6.54 Å². The maximum Gasteiger partial charge on any atom is 0.0689 e. The van der Waals surface area contributed by atoms with Crippen molar-refractivity contribution in [2.24, 2.45) is 0 Å². The van der Waals surface area contributed by atoms with E-state index in [1.807, 2.05) is 0 Å². The lowest BCUT2D eigenvalue weighted by Gasteiger charge is -2.12. The second-order valence-electron chi connectivity index (χ2n) is 4.57. The molecule has 0 aliphatic heterocycles. The first-order chi connectivity index (χ1) is 8.83. The largest absolute Gasteiger partial charge is 0.300 e. The van der Waals surface area contributed by atoms with Crippen molar-refractivity contribution in [3.05, 3.63) is 48.0 Å². The molecule has 1 atom stereocenters. The molecule has 18 heavy (non-hydrogen) atoms. The molecule has 1 heteroatoms. The van der Waals surface area contributed by atoms with Gasteiger partial charge in [-0.1, -0.05) is 55.7 Å². The summed E-state index contributed by atoms with van der Waals surface area (Å²) >= 11 is 0. The molecule has 0 aliphatic rings. The quantitative estimate of drug-likeness (QED) is 0.781. The molecule has 0 saturated heterocycles. The Labute approximate surface area is 109 Å². The smallest absolute Gasteiger partial charge is 0.0689 e. The Kier molecular flexibility index (Phi) is 4.39. The van der Waals surface area contributed by atoms with E-state index < -0.39 is 0 Å². The van der Waals surface area contributed by atoms with Crippen LogP contribution in [0.1, 0.15) is 25.3 Å².